The van der Waals surface area contributed by atoms with E-state index in [4.69, 9.17) is 38.7 Å². The number of esters is 4. The van der Waals surface area contributed by atoms with Gasteiger partial charge in [-0.05, 0) is 47.6 Å². The summed E-state index contributed by atoms with van der Waals surface area (Å²) in [5.41, 5.74) is 9.69. The van der Waals surface area contributed by atoms with E-state index in [1.807, 2.05) is 54.6 Å². The van der Waals surface area contributed by atoms with Crippen molar-refractivity contribution in [3.05, 3.63) is 144 Å². The number of fused-ring (bicyclic) bond motifs is 1. The first-order valence-corrected chi connectivity index (χ1v) is 25.6. The van der Waals surface area contributed by atoms with Crippen LogP contribution in [0.4, 0.5) is 4.79 Å². The molecule has 1 aliphatic rings. The van der Waals surface area contributed by atoms with Gasteiger partial charge in [0, 0.05) is 69.7 Å². The first kappa shape index (κ1) is 55.0. The van der Waals surface area contributed by atoms with Gasteiger partial charge in [-0.2, -0.15) is 0 Å². The molecule has 73 heavy (non-hydrogen) atoms. The Balaban J connectivity index is 1.42. The Hall–Kier alpha value is -7.34. The maximum Gasteiger partial charge on any atom is 0.408 e. The Morgan fingerprint density at radius 3 is 1.85 bits per heavy atom. The number of aromatic amines is 1. The minimum absolute atomic E-state index is 0.0132. The van der Waals surface area contributed by atoms with Crippen molar-refractivity contribution in [1.29, 1.82) is 0 Å². The molecule has 0 radical (unpaired) electrons. The molecule has 1 unspecified atom stereocenters. The Kier molecular flexibility index (Phi) is 19.9. The number of primary amides is 1. The molecule has 388 valence electrons. The van der Waals surface area contributed by atoms with Crippen molar-refractivity contribution in [2.24, 2.45) is 11.7 Å². The molecule has 1 fully saturated rings. The van der Waals surface area contributed by atoms with Gasteiger partial charge in [0.25, 0.3) is 0 Å². The van der Waals surface area contributed by atoms with Crippen molar-refractivity contribution in [3.8, 4) is 0 Å². The highest BCUT2D eigenvalue weighted by atomic mass is 31.2. The first-order chi connectivity index (χ1) is 35.0. The fourth-order valence-electron chi connectivity index (χ4n) is 8.59. The lowest BCUT2D eigenvalue weighted by Crippen LogP contribution is -2.63. The van der Waals surface area contributed by atoms with Crippen LogP contribution >= 0.6 is 7.37 Å². The summed E-state index contributed by atoms with van der Waals surface area (Å²) in [5, 5.41) is 6.40. The van der Waals surface area contributed by atoms with Crippen LogP contribution in [0, 0.1) is 5.92 Å². The summed E-state index contributed by atoms with van der Waals surface area (Å²) in [5.74, 6) is -7.74. The van der Waals surface area contributed by atoms with E-state index in [0.29, 0.717) is 29.5 Å². The Labute approximate surface area is 422 Å². The zero-order valence-corrected chi connectivity index (χ0v) is 41.9. The SMILES string of the molecule is CC(=O)O[C@@H]1O[C@@H](COP(=O)(C[C@H](CCCc2ccccc2)C(=O)N[C@@H](Cc2c[nH]c3ccccc23)C(N)=O)[C@H](Cc2ccccc2)NC(=O)OCc2ccccc2)[C@@H](OC(C)=O)[C@H](OC(C)=O)[C@H]1OC(C)=O. The number of H-pyrrole nitrogens is 1. The highest BCUT2D eigenvalue weighted by molar-refractivity contribution is 7.59. The van der Waals surface area contributed by atoms with Crippen LogP contribution in [0.1, 0.15) is 62.8 Å². The van der Waals surface area contributed by atoms with Gasteiger partial charge in [0.15, 0.2) is 12.2 Å². The standard InChI is InChI=1S/C53H61N4O15P/c1-33(58)68-47-45(72-52(71-36(4)61)49(70-35(3)60)48(47)69-34(2)59)31-67-73(65,46(27-38-19-10-6-11-20-38)57-53(64)66-30-39-21-12-7-13-22-39)32-40(24-16-23-37-17-8-5-9-18-37)51(63)56-44(50(54)62)28-41-29-55-43-26-15-14-25-42(41)43/h5-15,17-22,25-26,29,40,44-49,52,55H,16,23-24,27-28,30-32H2,1-4H3,(H2,54,62)(H,56,63)(H,57,64)/t40-,44-,45-,46+,47+,48-,49+,52+,73?/m0/s1. The largest absolute Gasteiger partial charge is 0.456 e. The smallest absolute Gasteiger partial charge is 0.408 e. The molecule has 20 heteroatoms. The van der Waals surface area contributed by atoms with E-state index in [2.05, 4.69) is 15.6 Å². The minimum Gasteiger partial charge on any atom is -0.456 e. The topological polar surface area (TPSA) is 267 Å². The summed E-state index contributed by atoms with van der Waals surface area (Å²) in [6.45, 7) is 3.26. The predicted molar refractivity (Wildman–Crippen MR) is 265 cm³/mol. The van der Waals surface area contributed by atoms with Gasteiger partial charge < -0.3 is 54.3 Å². The fraction of sp³-hybridized carbons (Fsp3) is 0.377. The summed E-state index contributed by atoms with van der Waals surface area (Å²) in [6.07, 6.45) is -7.31. The van der Waals surface area contributed by atoms with Crippen molar-refractivity contribution in [3.63, 3.8) is 0 Å². The second kappa shape index (κ2) is 26.4. The average molecular weight is 1030 g/mol. The molecule has 5 aromatic rings. The quantitative estimate of drug-likeness (QED) is 0.0305. The highest BCUT2D eigenvalue weighted by Gasteiger charge is 2.54. The molecule has 1 saturated heterocycles. The third-order valence-electron chi connectivity index (χ3n) is 11.9. The number of amides is 3. The Morgan fingerprint density at radius 1 is 0.671 bits per heavy atom. The molecule has 5 N–H and O–H groups in total. The maximum atomic E-state index is 16.4. The number of nitrogens with two attached hydrogens (primary N) is 1. The van der Waals surface area contributed by atoms with E-state index in [0.717, 1.165) is 44.2 Å². The molecule has 0 bridgehead atoms. The number of hydrogen-bond donors (Lipinski definition) is 4. The van der Waals surface area contributed by atoms with Crippen LogP contribution in [0.3, 0.4) is 0 Å². The lowest BCUT2D eigenvalue weighted by molar-refractivity contribution is -0.298. The number of alkyl carbamates (subject to hydrolysis) is 1. The van der Waals surface area contributed by atoms with Gasteiger partial charge >= 0.3 is 30.0 Å². The van der Waals surface area contributed by atoms with Crippen molar-refractivity contribution >= 4 is 60.1 Å². The molecular weight excluding hydrogens is 964 g/mol. The summed E-state index contributed by atoms with van der Waals surface area (Å²) in [7, 11) is -4.60. The van der Waals surface area contributed by atoms with Crippen LogP contribution in [-0.4, -0.2) is 102 Å². The second-order valence-corrected chi connectivity index (χ2v) is 20.3. The van der Waals surface area contributed by atoms with Crippen molar-refractivity contribution in [2.75, 3.05) is 12.8 Å². The molecule has 0 spiro atoms. The average Bonchev–Trinajstić information content (AvgIpc) is 3.76. The van der Waals surface area contributed by atoms with Crippen molar-refractivity contribution < 1.29 is 71.1 Å². The van der Waals surface area contributed by atoms with Gasteiger partial charge in [-0.1, -0.05) is 109 Å². The summed E-state index contributed by atoms with van der Waals surface area (Å²) < 4.78 is 56.8. The highest BCUT2D eigenvalue weighted by Crippen LogP contribution is 2.55. The zero-order valence-electron chi connectivity index (χ0n) is 41.0. The number of hydrogen-bond acceptors (Lipinski definition) is 15. The summed E-state index contributed by atoms with van der Waals surface area (Å²) in [6, 6.07) is 33.3. The van der Waals surface area contributed by atoms with Crippen LogP contribution in [0.25, 0.3) is 10.9 Å². The molecule has 1 aromatic heterocycles. The number of para-hydroxylation sites is 1. The van der Waals surface area contributed by atoms with E-state index in [1.54, 1.807) is 66.9 Å². The summed E-state index contributed by atoms with van der Waals surface area (Å²) in [4.78, 5) is 95.4. The number of rotatable bonds is 24. The minimum atomic E-state index is -4.60. The number of carbonyl (C=O) groups excluding carboxylic acids is 7. The number of aromatic nitrogens is 1. The van der Waals surface area contributed by atoms with Crippen molar-refractivity contribution in [1.82, 2.24) is 15.6 Å². The molecule has 0 aliphatic carbocycles. The second-order valence-electron chi connectivity index (χ2n) is 17.6. The zero-order chi connectivity index (χ0) is 52.5. The molecule has 9 atom stereocenters. The molecule has 6 rings (SSSR count). The van der Waals surface area contributed by atoms with Crippen LogP contribution in [-0.2, 0) is 92.1 Å². The van der Waals surface area contributed by atoms with Gasteiger partial charge in [0.2, 0.25) is 31.6 Å². The molecule has 1 aliphatic heterocycles. The molecule has 3 amide bonds. The van der Waals surface area contributed by atoms with Gasteiger partial charge in [-0.3, -0.25) is 33.3 Å². The number of benzene rings is 4. The summed E-state index contributed by atoms with van der Waals surface area (Å²) >= 11 is 0. The monoisotopic (exact) mass is 1020 g/mol. The van der Waals surface area contributed by atoms with E-state index >= 15 is 4.57 Å². The van der Waals surface area contributed by atoms with E-state index in [9.17, 15) is 33.6 Å². The molecule has 4 aromatic carbocycles. The third-order valence-corrected chi connectivity index (χ3v) is 14.7. The van der Waals surface area contributed by atoms with Gasteiger partial charge in [0.1, 0.15) is 24.5 Å². The van der Waals surface area contributed by atoms with E-state index in [-0.39, 0.29) is 25.9 Å². The Morgan fingerprint density at radius 2 is 1.23 bits per heavy atom. The molecule has 19 nitrogen and oxygen atoms in total. The van der Waals surface area contributed by atoms with E-state index < -0.39 is 110 Å². The van der Waals surface area contributed by atoms with Crippen LogP contribution in [0.2, 0.25) is 0 Å². The van der Waals surface area contributed by atoms with Crippen molar-refractivity contribution in [2.45, 2.75) is 109 Å². The molecular formula is C53H61N4O15P. The van der Waals surface area contributed by atoms with Crippen LogP contribution < -0.4 is 16.4 Å². The number of carbonyl (C=O) groups is 7. The molecule has 0 saturated carbocycles. The van der Waals surface area contributed by atoms with E-state index in [1.165, 1.54) is 0 Å². The number of ether oxygens (including phenoxy) is 6. The number of aryl methyl sites for hydroxylation is 1. The maximum absolute atomic E-state index is 16.4. The van der Waals surface area contributed by atoms with Gasteiger partial charge in [0.05, 0.1) is 6.61 Å². The first-order valence-electron chi connectivity index (χ1n) is 23.7. The lowest BCUT2D eigenvalue weighted by atomic mass is 9.98. The van der Waals surface area contributed by atoms with Crippen LogP contribution in [0.5, 0.6) is 0 Å². The third kappa shape index (κ3) is 16.3. The normalized spacial score (nSPS) is 19.4. The lowest BCUT2D eigenvalue weighted by Gasteiger charge is -2.44. The number of nitrogens with one attached hydrogen (secondary N) is 3. The fourth-order valence-corrected chi connectivity index (χ4v) is 11.3. The van der Waals surface area contributed by atoms with Gasteiger partial charge in [-0.15, -0.1) is 0 Å². The predicted octanol–water partition coefficient (Wildman–Crippen LogP) is 6.19. The molecule has 2 heterocycles. The van der Waals surface area contributed by atoms with Gasteiger partial charge in [-0.25, -0.2) is 4.79 Å². The van der Waals surface area contributed by atoms with Crippen LogP contribution in [0.15, 0.2) is 121 Å². The Bertz CT molecular complexity index is 2720.